The number of hydrogen-bond donors (Lipinski definition) is 1. The molecule has 0 radical (unpaired) electrons. The minimum atomic E-state index is -3.56. The van der Waals surface area contributed by atoms with Gasteiger partial charge in [0, 0.05) is 32.5 Å². The van der Waals surface area contributed by atoms with Crippen LogP contribution in [0.5, 0.6) is 0 Å². The molecule has 3 aromatic rings. The topological polar surface area (TPSA) is 144 Å². The van der Waals surface area contributed by atoms with E-state index in [4.69, 9.17) is 0 Å². The number of carbonyl (C=O) groups is 1. The first-order valence-corrected chi connectivity index (χ1v) is 10.5. The molecule has 11 nitrogen and oxygen atoms in total. The fourth-order valence-corrected chi connectivity index (χ4v) is 3.53. The lowest BCUT2D eigenvalue weighted by Crippen LogP contribution is -2.36. The molecule has 3 aromatic heterocycles. The van der Waals surface area contributed by atoms with E-state index in [2.05, 4.69) is 25.3 Å². The van der Waals surface area contributed by atoms with E-state index < -0.39 is 21.3 Å². The third-order valence-electron chi connectivity index (χ3n) is 4.62. The summed E-state index contributed by atoms with van der Waals surface area (Å²) in [4.78, 5) is 25.9. The Morgan fingerprint density at radius 1 is 1.17 bits per heavy atom. The molecule has 29 heavy (non-hydrogen) atoms. The minimum absolute atomic E-state index is 0.139. The molecule has 0 aliphatic carbocycles. The van der Waals surface area contributed by atoms with Crippen molar-refractivity contribution in [2.24, 2.45) is 0 Å². The number of pyridine rings is 1. The molecule has 1 aliphatic heterocycles. The normalized spacial score (nSPS) is 19.7. The quantitative estimate of drug-likeness (QED) is 0.561. The first-order chi connectivity index (χ1) is 13.7. The van der Waals surface area contributed by atoms with Crippen molar-refractivity contribution in [3.05, 3.63) is 42.4 Å². The van der Waals surface area contributed by atoms with Crippen LogP contribution in [0.15, 0.2) is 41.8 Å². The third-order valence-corrected chi connectivity index (χ3v) is 5.48. The summed E-state index contributed by atoms with van der Waals surface area (Å²) in [6.07, 6.45) is 4.05. The number of hydrogen-bond acceptors (Lipinski definition) is 9. The molecule has 1 amide bonds. The Morgan fingerprint density at radius 3 is 2.62 bits per heavy atom. The van der Waals surface area contributed by atoms with Crippen LogP contribution in [0.1, 0.15) is 12.1 Å². The van der Waals surface area contributed by atoms with Gasteiger partial charge in [0.05, 0.1) is 17.6 Å². The predicted octanol–water partition coefficient (Wildman–Crippen LogP) is -0.428. The van der Waals surface area contributed by atoms with E-state index in [1.54, 1.807) is 31.3 Å². The number of rotatable bonds is 4. The van der Waals surface area contributed by atoms with Crippen molar-refractivity contribution >= 4 is 15.7 Å². The Kier molecular flexibility index (Phi) is 4.39. The number of nitrogens with zero attached hydrogens (tertiary/aromatic N) is 7. The zero-order valence-corrected chi connectivity index (χ0v) is 16.4. The second kappa shape index (κ2) is 6.67. The van der Waals surface area contributed by atoms with Crippen molar-refractivity contribution in [3.63, 3.8) is 0 Å². The van der Waals surface area contributed by atoms with Crippen molar-refractivity contribution in [1.29, 1.82) is 0 Å². The standard InChI is InChI=1S/C17H17N7O4S/c1-23-9-7-17(26,15(23)25)13-10-24(22-21-13)14-5-3-4-11(19-14)12-6-8-18-16(20-12)29(2,27)28/h3-6,8,10,26H,7,9H2,1-2H3/t17-/m1/s1. The van der Waals surface area contributed by atoms with Gasteiger partial charge in [-0.2, -0.15) is 0 Å². The molecule has 0 saturated carbocycles. The maximum Gasteiger partial charge on any atom is 0.260 e. The number of aromatic nitrogens is 6. The van der Waals surface area contributed by atoms with E-state index in [9.17, 15) is 18.3 Å². The van der Waals surface area contributed by atoms with Crippen LogP contribution in [0, 0.1) is 0 Å². The Labute approximate surface area is 166 Å². The van der Waals surface area contributed by atoms with Crippen molar-refractivity contribution in [3.8, 4) is 17.2 Å². The summed E-state index contributed by atoms with van der Waals surface area (Å²) in [6, 6.07) is 6.57. The molecule has 1 atom stereocenters. The Bertz CT molecular complexity index is 1210. The first-order valence-electron chi connectivity index (χ1n) is 8.60. The van der Waals surface area contributed by atoms with Gasteiger partial charge in [0.2, 0.25) is 15.0 Å². The van der Waals surface area contributed by atoms with Crippen LogP contribution < -0.4 is 0 Å². The first kappa shape index (κ1) is 19.1. The molecule has 150 valence electrons. The molecule has 1 saturated heterocycles. The number of sulfone groups is 1. The molecule has 0 bridgehead atoms. The molecular formula is C17H17N7O4S. The van der Waals surface area contributed by atoms with E-state index in [1.165, 1.54) is 22.0 Å². The molecule has 0 aromatic carbocycles. The second-order valence-electron chi connectivity index (χ2n) is 6.76. The molecular weight excluding hydrogens is 398 g/mol. The third kappa shape index (κ3) is 3.36. The van der Waals surface area contributed by atoms with Gasteiger partial charge in [0.25, 0.3) is 5.91 Å². The van der Waals surface area contributed by atoms with E-state index in [1.807, 2.05) is 0 Å². The maximum atomic E-state index is 12.2. The van der Waals surface area contributed by atoms with E-state index in [0.717, 1.165) is 6.26 Å². The monoisotopic (exact) mass is 415 g/mol. The van der Waals surface area contributed by atoms with Gasteiger partial charge in [-0.3, -0.25) is 4.79 Å². The zero-order chi connectivity index (χ0) is 20.8. The zero-order valence-electron chi connectivity index (χ0n) is 15.6. The number of aliphatic hydroxyl groups is 1. The molecule has 1 N–H and O–H groups in total. The van der Waals surface area contributed by atoms with Gasteiger partial charge in [-0.15, -0.1) is 5.10 Å². The van der Waals surface area contributed by atoms with Crippen molar-refractivity contribution in [1.82, 2.24) is 34.8 Å². The highest BCUT2D eigenvalue weighted by Gasteiger charge is 2.47. The van der Waals surface area contributed by atoms with E-state index in [-0.39, 0.29) is 17.3 Å². The lowest BCUT2D eigenvalue weighted by atomic mass is 9.99. The molecule has 4 rings (SSSR count). The van der Waals surface area contributed by atoms with Gasteiger partial charge in [-0.1, -0.05) is 11.3 Å². The Balaban J connectivity index is 1.69. The highest BCUT2D eigenvalue weighted by molar-refractivity contribution is 7.90. The molecule has 4 heterocycles. The van der Waals surface area contributed by atoms with Crippen LogP contribution in [0.2, 0.25) is 0 Å². The van der Waals surface area contributed by atoms with Crippen LogP contribution >= 0.6 is 0 Å². The lowest BCUT2D eigenvalue weighted by Gasteiger charge is -2.17. The molecule has 0 spiro atoms. The largest absolute Gasteiger partial charge is 0.374 e. The number of amides is 1. The van der Waals surface area contributed by atoms with Crippen LogP contribution in [0.3, 0.4) is 0 Å². The Morgan fingerprint density at radius 2 is 1.93 bits per heavy atom. The smallest absolute Gasteiger partial charge is 0.260 e. The van der Waals surface area contributed by atoms with Gasteiger partial charge in [-0.25, -0.2) is 28.1 Å². The van der Waals surface area contributed by atoms with Crippen molar-refractivity contribution < 1.29 is 18.3 Å². The maximum absolute atomic E-state index is 12.2. The van der Waals surface area contributed by atoms with Gasteiger partial charge < -0.3 is 10.0 Å². The number of likely N-dealkylation sites (N-methyl/N-ethyl adjacent to an activating group) is 1. The summed E-state index contributed by atoms with van der Waals surface area (Å²) < 4.78 is 24.7. The van der Waals surface area contributed by atoms with Crippen LogP contribution in [0.25, 0.3) is 17.2 Å². The summed E-state index contributed by atoms with van der Waals surface area (Å²) in [6.45, 7) is 0.423. The number of carbonyl (C=O) groups excluding carboxylic acids is 1. The van der Waals surface area contributed by atoms with E-state index >= 15 is 0 Å². The van der Waals surface area contributed by atoms with E-state index in [0.29, 0.717) is 23.8 Å². The van der Waals surface area contributed by atoms with Crippen molar-refractivity contribution in [2.75, 3.05) is 19.8 Å². The average Bonchev–Trinajstić information content (AvgIpc) is 3.30. The van der Waals surface area contributed by atoms with Crippen LogP contribution in [-0.2, 0) is 20.2 Å². The fourth-order valence-electron chi connectivity index (χ4n) is 3.01. The summed E-state index contributed by atoms with van der Waals surface area (Å²) in [5.74, 6) is -0.0660. The summed E-state index contributed by atoms with van der Waals surface area (Å²) >= 11 is 0. The highest BCUT2D eigenvalue weighted by atomic mass is 32.2. The molecule has 1 aliphatic rings. The summed E-state index contributed by atoms with van der Waals surface area (Å²) in [5.41, 5.74) is -0.835. The predicted molar refractivity (Wildman–Crippen MR) is 99.4 cm³/mol. The minimum Gasteiger partial charge on any atom is -0.374 e. The summed E-state index contributed by atoms with van der Waals surface area (Å²) in [7, 11) is -1.95. The van der Waals surface area contributed by atoms with Crippen LogP contribution in [-0.4, -0.2) is 74.1 Å². The lowest BCUT2D eigenvalue weighted by molar-refractivity contribution is -0.143. The summed E-state index contributed by atoms with van der Waals surface area (Å²) in [5, 5.41) is 18.3. The average molecular weight is 415 g/mol. The van der Waals surface area contributed by atoms with Crippen molar-refractivity contribution in [2.45, 2.75) is 17.2 Å². The van der Waals surface area contributed by atoms with Gasteiger partial charge in [0.15, 0.2) is 11.4 Å². The molecule has 0 unspecified atom stereocenters. The van der Waals surface area contributed by atoms with Gasteiger partial charge in [0.1, 0.15) is 5.69 Å². The number of likely N-dealkylation sites (tertiary alicyclic amines) is 1. The highest BCUT2D eigenvalue weighted by Crippen LogP contribution is 2.31. The van der Waals surface area contributed by atoms with Gasteiger partial charge >= 0.3 is 0 Å². The fraction of sp³-hybridized carbons (Fsp3) is 0.294. The van der Waals surface area contributed by atoms with Gasteiger partial charge in [-0.05, 0) is 18.2 Å². The second-order valence-corrected chi connectivity index (χ2v) is 8.67. The Hall–Kier alpha value is -3.25. The SMILES string of the molecule is CN1CC[C@@](O)(c2cn(-c3cccc(-c4ccnc(S(C)(=O)=O)n4)n3)nn2)C1=O. The molecule has 12 heteroatoms. The molecule has 1 fully saturated rings. The van der Waals surface area contributed by atoms with Crippen LogP contribution in [0.4, 0.5) is 0 Å².